The van der Waals surface area contributed by atoms with Gasteiger partial charge >= 0.3 is 12.0 Å². The molecule has 1 aliphatic heterocycles. The van der Waals surface area contributed by atoms with Crippen molar-refractivity contribution in [2.24, 2.45) is 5.92 Å². The number of hydrogen-bond donors (Lipinski definition) is 1. The molecule has 0 aromatic heterocycles. The second kappa shape index (κ2) is 5.60. The van der Waals surface area contributed by atoms with E-state index in [4.69, 9.17) is 9.84 Å². The number of morpholine rings is 1. The molecule has 6 nitrogen and oxygen atoms in total. The van der Waals surface area contributed by atoms with Gasteiger partial charge in [0.25, 0.3) is 0 Å². The van der Waals surface area contributed by atoms with E-state index in [0.717, 1.165) is 19.4 Å². The highest BCUT2D eigenvalue weighted by molar-refractivity contribution is 5.77. The molecule has 3 aliphatic rings. The number of urea groups is 1. The molecule has 1 saturated heterocycles. The summed E-state index contributed by atoms with van der Waals surface area (Å²) in [5.41, 5.74) is 0. The van der Waals surface area contributed by atoms with Crippen LogP contribution >= 0.6 is 0 Å². The molecule has 20 heavy (non-hydrogen) atoms. The van der Waals surface area contributed by atoms with Gasteiger partial charge in [0.05, 0.1) is 25.7 Å². The van der Waals surface area contributed by atoms with Crippen molar-refractivity contribution in [3.05, 3.63) is 0 Å². The van der Waals surface area contributed by atoms with Crippen LogP contribution in [0.5, 0.6) is 0 Å². The molecule has 0 bridgehead atoms. The van der Waals surface area contributed by atoms with Crippen LogP contribution < -0.4 is 0 Å². The number of nitrogens with zero attached hydrogens (tertiary/aromatic N) is 2. The highest BCUT2D eigenvalue weighted by Gasteiger charge is 2.40. The standard InChI is InChI=1S/C14H22N2O4/c17-13(18)7-12-9-20-6-5-15(12)14(19)16(11-3-4-11)8-10-1-2-10/h10-12H,1-9H2,(H,17,18). The van der Waals surface area contributed by atoms with Gasteiger partial charge in [0.2, 0.25) is 0 Å². The van der Waals surface area contributed by atoms with Crippen LogP contribution in [0.4, 0.5) is 4.79 Å². The van der Waals surface area contributed by atoms with Gasteiger partial charge in [0.15, 0.2) is 0 Å². The molecular formula is C14H22N2O4. The molecule has 1 heterocycles. The highest BCUT2D eigenvalue weighted by Crippen LogP contribution is 2.35. The number of carbonyl (C=O) groups is 2. The minimum Gasteiger partial charge on any atom is -0.481 e. The summed E-state index contributed by atoms with van der Waals surface area (Å²) in [7, 11) is 0. The quantitative estimate of drug-likeness (QED) is 0.821. The van der Waals surface area contributed by atoms with Crippen molar-refractivity contribution in [2.45, 2.75) is 44.2 Å². The van der Waals surface area contributed by atoms with Crippen molar-refractivity contribution >= 4 is 12.0 Å². The Morgan fingerprint density at radius 2 is 2.00 bits per heavy atom. The van der Waals surface area contributed by atoms with E-state index in [1.165, 1.54) is 12.8 Å². The Balaban J connectivity index is 1.66. The van der Waals surface area contributed by atoms with Crippen LogP contribution in [0.1, 0.15) is 32.1 Å². The topological polar surface area (TPSA) is 70.1 Å². The summed E-state index contributed by atoms with van der Waals surface area (Å²) in [5, 5.41) is 8.97. The van der Waals surface area contributed by atoms with Crippen LogP contribution in [0, 0.1) is 5.92 Å². The van der Waals surface area contributed by atoms with Crippen LogP contribution in [0.2, 0.25) is 0 Å². The smallest absolute Gasteiger partial charge is 0.320 e. The molecule has 0 radical (unpaired) electrons. The van der Waals surface area contributed by atoms with Crippen molar-refractivity contribution < 1.29 is 19.4 Å². The van der Waals surface area contributed by atoms with Crippen LogP contribution in [0.15, 0.2) is 0 Å². The summed E-state index contributed by atoms with van der Waals surface area (Å²) in [5.74, 6) is -0.211. The molecule has 3 rings (SSSR count). The lowest BCUT2D eigenvalue weighted by atomic mass is 10.1. The predicted octanol–water partition coefficient (Wildman–Crippen LogP) is 1.16. The number of rotatable bonds is 5. The van der Waals surface area contributed by atoms with Crippen LogP contribution in [0.25, 0.3) is 0 Å². The van der Waals surface area contributed by atoms with Gasteiger partial charge in [-0.05, 0) is 31.6 Å². The fourth-order valence-electron chi connectivity index (χ4n) is 2.79. The lowest BCUT2D eigenvalue weighted by Crippen LogP contribution is -2.55. The van der Waals surface area contributed by atoms with Gasteiger partial charge in [0, 0.05) is 19.1 Å². The number of aliphatic carboxylic acids is 1. The van der Waals surface area contributed by atoms with E-state index in [9.17, 15) is 9.59 Å². The van der Waals surface area contributed by atoms with Crippen LogP contribution in [0.3, 0.4) is 0 Å². The third-order valence-electron chi connectivity index (χ3n) is 4.27. The van der Waals surface area contributed by atoms with Gasteiger partial charge in [0.1, 0.15) is 0 Å². The molecule has 0 aromatic carbocycles. The van der Waals surface area contributed by atoms with E-state index < -0.39 is 5.97 Å². The molecule has 1 atom stereocenters. The SMILES string of the molecule is O=C(O)CC1COCCN1C(=O)N(CC1CC1)C1CC1. The van der Waals surface area contributed by atoms with Crippen LogP contribution in [-0.4, -0.2) is 65.3 Å². The maximum absolute atomic E-state index is 12.7. The Hall–Kier alpha value is -1.30. The maximum Gasteiger partial charge on any atom is 0.320 e. The zero-order valence-electron chi connectivity index (χ0n) is 11.7. The molecule has 2 saturated carbocycles. The number of carbonyl (C=O) groups excluding carboxylic acids is 1. The zero-order valence-corrected chi connectivity index (χ0v) is 11.7. The molecule has 1 unspecified atom stereocenters. The Kier molecular flexibility index (Phi) is 3.83. The Morgan fingerprint density at radius 3 is 2.60 bits per heavy atom. The largest absolute Gasteiger partial charge is 0.481 e. The average molecular weight is 282 g/mol. The summed E-state index contributed by atoms with van der Waals surface area (Å²) in [6.07, 6.45) is 4.59. The maximum atomic E-state index is 12.7. The van der Waals surface area contributed by atoms with E-state index >= 15 is 0 Å². The predicted molar refractivity (Wildman–Crippen MR) is 71.4 cm³/mol. The highest BCUT2D eigenvalue weighted by atomic mass is 16.5. The van der Waals surface area contributed by atoms with Crippen molar-refractivity contribution in [3.63, 3.8) is 0 Å². The van der Waals surface area contributed by atoms with Crippen molar-refractivity contribution in [1.29, 1.82) is 0 Å². The van der Waals surface area contributed by atoms with E-state index in [1.54, 1.807) is 4.90 Å². The molecule has 112 valence electrons. The molecule has 2 amide bonds. The molecule has 0 spiro atoms. The second-order valence-electron chi connectivity index (χ2n) is 6.13. The first kappa shape index (κ1) is 13.7. The summed E-state index contributed by atoms with van der Waals surface area (Å²) in [6.45, 7) is 2.19. The fourth-order valence-corrected chi connectivity index (χ4v) is 2.79. The number of carboxylic acid groups (broad SMARTS) is 1. The molecule has 2 aliphatic carbocycles. The first-order valence-electron chi connectivity index (χ1n) is 7.52. The molecular weight excluding hydrogens is 260 g/mol. The van der Waals surface area contributed by atoms with Gasteiger partial charge < -0.3 is 19.6 Å². The fraction of sp³-hybridized carbons (Fsp3) is 0.857. The minimum atomic E-state index is -0.876. The van der Waals surface area contributed by atoms with Crippen LogP contribution in [-0.2, 0) is 9.53 Å². The number of carboxylic acids is 1. The Morgan fingerprint density at radius 1 is 1.25 bits per heavy atom. The van der Waals surface area contributed by atoms with Gasteiger partial charge in [-0.2, -0.15) is 0 Å². The average Bonchev–Trinajstić information content (AvgIpc) is 3.27. The number of hydrogen-bond acceptors (Lipinski definition) is 3. The molecule has 6 heteroatoms. The third-order valence-corrected chi connectivity index (χ3v) is 4.27. The van der Waals surface area contributed by atoms with Gasteiger partial charge in [-0.1, -0.05) is 0 Å². The van der Waals surface area contributed by atoms with Gasteiger partial charge in [-0.15, -0.1) is 0 Å². The number of amides is 2. The van der Waals surface area contributed by atoms with E-state index in [-0.39, 0.29) is 18.5 Å². The normalized spacial score (nSPS) is 26.4. The third kappa shape index (κ3) is 3.23. The minimum absolute atomic E-state index is 0.0222. The van der Waals surface area contributed by atoms with Crippen molar-refractivity contribution in [3.8, 4) is 0 Å². The van der Waals surface area contributed by atoms with Gasteiger partial charge in [-0.3, -0.25) is 4.79 Å². The van der Waals surface area contributed by atoms with Crippen molar-refractivity contribution in [2.75, 3.05) is 26.3 Å². The summed E-state index contributed by atoms with van der Waals surface area (Å²) in [4.78, 5) is 27.4. The Bertz CT molecular complexity index is 393. The lowest BCUT2D eigenvalue weighted by Gasteiger charge is -2.38. The van der Waals surface area contributed by atoms with E-state index in [2.05, 4.69) is 0 Å². The van der Waals surface area contributed by atoms with E-state index in [1.807, 2.05) is 4.90 Å². The molecule has 1 N–H and O–H groups in total. The first-order chi connectivity index (χ1) is 9.65. The lowest BCUT2D eigenvalue weighted by molar-refractivity contribution is -0.139. The monoisotopic (exact) mass is 282 g/mol. The zero-order chi connectivity index (χ0) is 14.1. The van der Waals surface area contributed by atoms with Gasteiger partial charge in [-0.25, -0.2) is 4.79 Å². The second-order valence-corrected chi connectivity index (χ2v) is 6.13. The Labute approximate surface area is 118 Å². The molecule has 3 fully saturated rings. The molecule has 0 aromatic rings. The van der Waals surface area contributed by atoms with Crippen molar-refractivity contribution in [1.82, 2.24) is 9.80 Å². The first-order valence-corrected chi connectivity index (χ1v) is 7.52. The van der Waals surface area contributed by atoms with E-state index in [0.29, 0.717) is 31.7 Å². The number of ether oxygens (including phenoxy) is 1. The summed E-state index contributed by atoms with van der Waals surface area (Å²) in [6, 6.07) is 0.0829. The summed E-state index contributed by atoms with van der Waals surface area (Å²) >= 11 is 0. The summed E-state index contributed by atoms with van der Waals surface area (Å²) < 4.78 is 5.34.